The molecule has 2 aliphatic heterocycles. The van der Waals surface area contributed by atoms with E-state index in [1.165, 1.54) is 25.7 Å². The highest BCUT2D eigenvalue weighted by atomic mass is 19.1. The summed E-state index contributed by atoms with van der Waals surface area (Å²) in [5.41, 5.74) is 1.97. The maximum absolute atomic E-state index is 13.9. The minimum Gasteiger partial charge on any atom is -0.377 e. The van der Waals surface area contributed by atoms with Crippen LogP contribution in [0.2, 0.25) is 0 Å². The molecule has 0 bridgehead atoms. The average molecular weight is 387 g/mol. The number of likely N-dealkylation sites (tertiary alicyclic amines) is 1. The molecular weight excluding hydrogens is 355 g/mol. The van der Waals surface area contributed by atoms with Gasteiger partial charge in [-0.1, -0.05) is 18.2 Å². The summed E-state index contributed by atoms with van der Waals surface area (Å²) in [6, 6.07) is 7.13. The zero-order valence-electron chi connectivity index (χ0n) is 16.5. The van der Waals surface area contributed by atoms with E-state index in [9.17, 15) is 4.39 Å². The van der Waals surface area contributed by atoms with Crippen LogP contribution in [0.15, 0.2) is 36.8 Å². The standard InChI is InChI=1S/C22H31FN4O/c23-22-6-2-1-4-19(22)14-26-9-7-18(8-10-26)13-27(15-20-12-24-17-25-20)16-21-5-3-11-28-21/h1-2,4,6,12,17-18,21H,3,5,7-11,13-16H2,(H,24,25)/t21-/m0/s1. The fourth-order valence-electron chi connectivity index (χ4n) is 4.45. The Morgan fingerprint density at radius 2 is 2.04 bits per heavy atom. The Morgan fingerprint density at radius 1 is 1.18 bits per heavy atom. The lowest BCUT2D eigenvalue weighted by Gasteiger charge is -2.35. The normalized spacial score (nSPS) is 21.6. The van der Waals surface area contributed by atoms with Crippen LogP contribution in [-0.4, -0.2) is 58.7 Å². The SMILES string of the molecule is Fc1ccccc1CN1CCC(CN(Cc2cnc[nH]2)C[C@@H]2CCCO2)CC1. The van der Waals surface area contributed by atoms with Crippen molar-refractivity contribution in [2.45, 2.75) is 44.9 Å². The molecule has 1 aromatic heterocycles. The molecule has 2 fully saturated rings. The molecule has 5 nitrogen and oxygen atoms in total. The zero-order chi connectivity index (χ0) is 19.2. The number of nitrogens with zero attached hydrogens (tertiary/aromatic N) is 3. The highest BCUT2D eigenvalue weighted by Crippen LogP contribution is 2.23. The third kappa shape index (κ3) is 5.40. The van der Waals surface area contributed by atoms with E-state index in [1.807, 2.05) is 18.3 Å². The third-order valence-corrected chi connectivity index (χ3v) is 6.01. The Morgan fingerprint density at radius 3 is 2.75 bits per heavy atom. The van der Waals surface area contributed by atoms with Crippen molar-refractivity contribution in [1.29, 1.82) is 0 Å². The highest BCUT2D eigenvalue weighted by Gasteiger charge is 2.25. The van der Waals surface area contributed by atoms with Crippen LogP contribution in [0, 0.1) is 11.7 Å². The molecule has 4 rings (SSSR count). The topological polar surface area (TPSA) is 44.4 Å². The number of aromatic nitrogens is 2. The molecule has 0 amide bonds. The maximum Gasteiger partial charge on any atom is 0.127 e. The Balaban J connectivity index is 1.28. The van der Waals surface area contributed by atoms with E-state index >= 15 is 0 Å². The van der Waals surface area contributed by atoms with Gasteiger partial charge in [0, 0.05) is 50.2 Å². The fourth-order valence-corrected chi connectivity index (χ4v) is 4.45. The van der Waals surface area contributed by atoms with Gasteiger partial charge in [-0.3, -0.25) is 9.80 Å². The number of imidazole rings is 1. The van der Waals surface area contributed by atoms with Gasteiger partial charge in [-0.05, 0) is 50.8 Å². The van der Waals surface area contributed by atoms with Crippen molar-refractivity contribution in [3.05, 3.63) is 53.9 Å². The van der Waals surface area contributed by atoms with Crippen molar-refractivity contribution in [2.75, 3.05) is 32.8 Å². The van der Waals surface area contributed by atoms with Gasteiger partial charge in [0.2, 0.25) is 0 Å². The molecule has 152 valence electrons. The van der Waals surface area contributed by atoms with Crippen molar-refractivity contribution < 1.29 is 9.13 Å². The molecule has 0 aliphatic carbocycles. The van der Waals surface area contributed by atoms with E-state index in [4.69, 9.17) is 4.74 Å². The highest BCUT2D eigenvalue weighted by molar-refractivity contribution is 5.17. The first-order chi connectivity index (χ1) is 13.8. The summed E-state index contributed by atoms with van der Waals surface area (Å²) in [6.07, 6.45) is 8.71. The first kappa shape index (κ1) is 19.6. The smallest absolute Gasteiger partial charge is 0.127 e. The molecule has 6 heteroatoms. The van der Waals surface area contributed by atoms with Crippen molar-refractivity contribution >= 4 is 0 Å². The van der Waals surface area contributed by atoms with Gasteiger partial charge < -0.3 is 9.72 Å². The fraction of sp³-hybridized carbons (Fsp3) is 0.591. The van der Waals surface area contributed by atoms with Crippen LogP contribution in [0.1, 0.15) is 36.9 Å². The lowest BCUT2D eigenvalue weighted by molar-refractivity contribution is 0.0565. The first-order valence-electron chi connectivity index (χ1n) is 10.5. The Hall–Kier alpha value is -1.76. The Bertz CT molecular complexity index is 709. The molecule has 28 heavy (non-hydrogen) atoms. The second-order valence-corrected chi connectivity index (χ2v) is 8.22. The largest absolute Gasteiger partial charge is 0.377 e. The summed E-state index contributed by atoms with van der Waals surface area (Å²) >= 11 is 0. The molecule has 0 spiro atoms. The van der Waals surface area contributed by atoms with E-state index in [0.717, 1.165) is 50.6 Å². The predicted octanol–water partition coefficient (Wildman–Crippen LogP) is 3.44. The summed E-state index contributed by atoms with van der Waals surface area (Å²) in [5.74, 6) is 0.591. The average Bonchev–Trinajstić information content (AvgIpc) is 3.39. The number of piperidine rings is 1. The Kier molecular flexibility index (Phi) is 6.73. The third-order valence-electron chi connectivity index (χ3n) is 6.01. The van der Waals surface area contributed by atoms with Crippen molar-refractivity contribution in [2.24, 2.45) is 5.92 Å². The number of H-pyrrole nitrogens is 1. The molecule has 2 aromatic rings. The zero-order valence-corrected chi connectivity index (χ0v) is 16.5. The van der Waals surface area contributed by atoms with Crippen LogP contribution in [0.4, 0.5) is 4.39 Å². The van der Waals surface area contributed by atoms with Gasteiger partial charge in [-0.25, -0.2) is 9.37 Å². The molecule has 3 heterocycles. The summed E-state index contributed by atoms with van der Waals surface area (Å²) < 4.78 is 19.8. The first-order valence-corrected chi connectivity index (χ1v) is 10.5. The lowest BCUT2D eigenvalue weighted by Crippen LogP contribution is -2.40. The minimum absolute atomic E-state index is 0.0908. The molecule has 1 atom stereocenters. The van der Waals surface area contributed by atoms with Crippen molar-refractivity contribution in [3.8, 4) is 0 Å². The van der Waals surface area contributed by atoms with Crippen LogP contribution in [-0.2, 0) is 17.8 Å². The monoisotopic (exact) mass is 386 g/mol. The van der Waals surface area contributed by atoms with E-state index in [2.05, 4.69) is 19.8 Å². The van der Waals surface area contributed by atoms with Gasteiger partial charge in [0.1, 0.15) is 5.82 Å². The van der Waals surface area contributed by atoms with Gasteiger partial charge in [0.25, 0.3) is 0 Å². The van der Waals surface area contributed by atoms with Crippen LogP contribution < -0.4 is 0 Å². The molecule has 2 aliphatic rings. The van der Waals surface area contributed by atoms with Gasteiger partial charge >= 0.3 is 0 Å². The number of nitrogens with one attached hydrogen (secondary N) is 1. The molecule has 0 saturated carbocycles. The minimum atomic E-state index is -0.0908. The summed E-state index contributed by atoms with van der Waals surface area (Å²) in [4.78, 5) is 12.3. The second-order valence-electron chi connectivity index (χ2n) is 8.22. The number of benzene rings is 1. The van der Waals surface area contributed by atoms with E-state index in [0.29, 0.717) is 18.6 Å². The quantitative estimate of drug-likeness (QED) is 0.755. The molecular formula is C22H31FN4O. The second kappa shape index (κ2) is 9.63. The van der Waals surface area contributed by atoms with E-state index in [-0.39, 0.29) is 5.82 Å². The van der Waals surface area contributed by atoms with Gasteiger partial charge in [0.05, 0.1) is 12.4 Å². The number of aromatic amines is 1. The number of ether oxygens (including phenoxy) is 1. The van der Waals surface area contributed by atoms with Crippen molar-refractivity contribution in [3.63, 3.8) is 0 Å². The number of hydrogen-bond acceptors (Lipinski definition) is 4. The maximum atomic E-state index is 13.9. The molecule has 1 aromatic carbocycles. The van der Waals surface area contributed by atoms with Gasteiger partial charge in [-0.15, -0.1) is 0 Å². The van der Waals surface area contributed by atoms with Crippen LogP contribution in [0.5, 0.6) is 0 Å². The molecule has 0 unspecified atom stereocenters. The lowest BCUT2D eigenvalue weighted by atomic mass is 9.95. The van der Waals surface area contributed by atoms with Crippen LogP contribution in [0.3, 0.4) is 0 Å². The van der Waals surface area contributed by atoms with Crippen molar-refractivity contribution in [1.82, 2.24) is 19.8 Å². The predicted molar refractivity (Wildman–Crippen MR) is 107 cm³/mol. The summed E-state index contributed by atoms with van der Waals surface area (Å²) in [5, 5.41) is 0. The van der Waals surface area contributed by atoms with Crippen LogP contribution in [0.25, 0.3) is 0 Å². The van der Waals surface area contributed by atoms with Crippen LogP contribution >= 0.6 is 0 Å². The molecule has 2 saturated heterocycles. The summed E-state index contributed by atoms with van der Waals surface area (Å²) in [7, 11) is 0. The number of hydrogen-bond donors (Lipinski definition) is 1. The van der Waals surface area contributed by atoms with E-state index < -0.39 is 0 Å². The summed E-state index contributed by atoms with van der Waals surface area (Å²) in [6.45, 7) is 6.67. The Labute approximate surface area is 166 Å². The van der Waals surface area contributed by atoms with E-state index in [1.54, 1.807) is 18.5 Å². The number of halogens is 1. The number of rotatable bonds is 8. The van der Waals surface area contributed by atoms with Gasteiger partial charge in [-0.2, -0.15) is 0 Å². The van der Waals surface area contributed by atoms with Gasteiger partial charge in [0.15, 0.2) is 0 Å². The molecule has 0 radical (unpaired) electrons. The molecule has 1 N–H and O–H groups in total.